The maximum atomic E-state index is 13.3. The van der Waals surface area contributed by atoms with Gasteiger partial charge in [0.1, 0.15) is 17.5 Å². The van der Waals surface area contributed by atoms with Crippen molar-refractivity contribution in [1.82, 2.24) is 24.6 Å². The molecule has 0 bridgehead atoms. The van der Waals surface area contributed by atoms with Gasteiger partial charge < -0.3 is 14.4 Å². The minimum Gasteiger partial charge on any atom is -0.342 e. The highest BCUT2D eigenvalue weighted by atomic mass is 19.1. The molecule has 7 heteroatoms. The van der Waals surface area contributed by atoms with Crippen LogP contribution in [0, 0.1) is 5.82 Å². The Morgan fingerprint density at radius 1 is 1.35 bits per heavy atom. The SMILES string of the molecule is CN(C)Cc1nnc(C2CCCN(C(=O)Cc3cccc(F)c3)C2)n1C. The minimum absolute atomic E-state index is 0.0379. The summed E-state index contributed by atoms with van der Waals surface area (Å²) in [4.78, 5) is 16.6. The van der Waals surface area contributed by atoms with Gasteiger partial charge in [-0.05, 0) is 44.6 Å². The van der Waals surface area contributed by atoms with E-state index >= 15 is 0 Å². The lowest BCUT2D eigenvalue weighted by molar-refractivity contribution is -0.131. The molecule has 0 saturated carbocycles. The summed E-state index contributed by atoms with van der Waals surface area (Å²) in [5, 5.41) is 8.69. The third-order valence-electron chi connectivity index (χ3n) is 4.84. The maximum absolute atomic E-state index is 13.3. The zero-order valence-corrected chi connectivity index (χ0v) is 15.7. The number of aromatic nitrogens is 3. The van der Waals surface area contributed by atoms with Gasteiger partial charge in [-0.1, -0.05) is 12.1 Å². The summed E-state index contributed by atoms with van der Waals surface area (Å²) < 4.78 is 15.4. The van der Waals surface area contributed by atoms with Gasteiger partial charge in [-0.2, -0.15) is 0 Å². The standard InChI is InChI=1S/C19H26FN5O/c1-23(2)13-17-21-22-19(24(17)3)15-7-5-9-25(12-15)18(26)11-14-6-4-8-16(20)10-14/h4,6,8,10,15H,5,7,9,11-13H2,1-3H3. The number of halogens is 1. The fraction of sp³-hybridized carbons (Fsp3) is 0.526. The van der Waals surface area contributed by atoms with Crippen LogP contribution < -0.4 is 0 Å². The molecule has 1 atom stereocenters. The van der Waals surface area contributed by atoms with Crippen LogP contribution in [0.25, 0.3) is 0 Å². The third-order valence-corrected chi connectivity index (χ3v) is 4.84. The van der Waals surface area contributed by atoms with E-state index in [1.807, 2.05) is 30.6 Å². The fourth-order valence-electron chi connectivity index (χ4n) is 3.50. The molecule has 1 amide bonds. The first-order chi connectivity index (χ1) is 12.4. The summed E-state index contributed by atoms with van der Waals surface area (Å²) in [6, 6.07) is 6.25. The van der Waals surface area contributed by atoms with E-state index in [1.54, 1.807) is 12.1 Å². The van der Waals surface area contributed by atoms with Crippen LogP contribution in [0.15, 0.2) is 24.3 Å². The van der Waals surface area contributed by atoms with Crippen molar-refractivity contribution in [2.24, 2.45) is 7.05 Å². The molecule has 0 N–H and O–H groups in total. The first-order valence-electron chi connectivity index (χ1n) is 8.99. The number of rotatable bonds is 5. The van der Waals surface area contributed by atoms with Crippen molar-refractivity contribution in [1.29, 1.82) is 0 Å². The van der Waals surface area contributed by atoms with Gasteiger partial charge in [0, 0.05) is 26.1 Å². The highest BCUT2D eigenvalue weighted by Crippen LogP contribution is 2.26. The van der Waals surface area contributed by atoms with Crippen molar-refractivity contribution in [2.75, 3.05) is 27.2 Å². The van der Waals surface area contributed by atoms with E-state index in [4.69, 9.17) is 0 Å². The normalized spacial score (nSPS) is 17.7. The summed E-state index contributed by atoms with van der Waals surface area (Å²) in [6.07, 6.45) is 2.17. The van der Waals surface area contributed by atoms with Crippen LogP contribution in [0.4, 0.5) is 4.39 Å². The lowest BCUT2D eigenvalue weighted by atomic mass is 9.96. The molecule has 1 unspecified atom stereocenters. The molecule has 1 saturated heterocycles. The molecule has 140 valence electrons. The van der Waals surface area contributed by atoms with Gasteiger partial charge in [-0.15, -0.1) is 10.2 Å². The Hall–Kier alpha value is -2.28. The molecule has 1 aromatic heterocycles. The lowest BCUT2D eigenvalue weighted by Gasteiger charge is -2.32. The second kappa shape index (κ2) is 7.95. The zero-order chi connectivity index (χ0) is 18.7. The van der Waals surface area contributed by atoms with Gasteiger partial charge in [0.2, 0.25) is 5.91 Å². The number of amides is 1. The Balaban J connectivity index is 1.67. The van der Waals surface area contributed by atoms with Crippen LogP contribution in [-0.4, -0.2) is 57.7 Å². The van der Waals surface area contributed by atoms with Gasteiger partial charge in [-0.3, -0.25) is 4.79 Å². The fourth-order valence-corrected chi connectivity index (χ4v) is 3.50. The predicted octanol–water partition coefficient (Wildman–Crippen LogP) is 1.96. The van der Waals surface area contributed by atoms with Crippen LogP contribution in [0.3, 0.4) is 0 Å². The van der Waals surface area contributed by atoms with E-state index in [0.29, 0.717) is 12.1 Å². The summed E-state index contributed by atoms with van der Waals surface area (Å²) in [5.74, 6) is 1.78. The Morgan fingerprint density at radius 3 is 2.88 bits per heavy atom. The molecule has 3 rings (SSSR count). The molecule has 2 heterocycles. The van der Waals surface area contributed by atoms with Crippen molar-refractivity contribution >= 4 is 5.91 Å². The summed E-state index contributed by atoms with van der Waals surface area (Å²) in [7, 11) is 5.99. The predicted molar refractivity (Wildman–Crippen MR) is 97.1 cm³/mol. The summed E-state index contributed by atoms with van der Waals surface area (Å²) in [5.41, 5.74) is 0.712. The van der Waals surface area contributed by atoms with Crippen molar-refractivity contribution in [3.63, 3.8) is 0 Å². The van der Waals surface area contributed by atoms with Gasteiger partial charge in [0.05, 0.1) is 13.0 Å². The van der Waals surface area contributed by atoms with Crippen molar-refractivity contribution in [3.8, 4) is 0 Å². The molecule has 1 fully saturated rings. The van der Waals surface area contributed by atoms with Gasteiger partial charge in [-0.25, -0.2) is 4.39 Å². The van der Waals surface area contributed by atoms with Gasteiger partial charge >= 0.3 is 0 Å². The van der Waals surface area contributed by atoms with E-state index in [0.717, 1.165) is 37.6 Å². The van der Waals surface area contributed by atoms with Crippen LogP contribution in [0.5, 0.6) is 0 Å². The molecular formula is C19H26FN5O. The lowest BCUT2D eigenvalue weighted by Crippen LogP contribution is -2.40. The van der Waals surface area contributed by atoms with Crippen LogP contribution in [0.1, 0.15) is 36.0 Å². The van der Waals surface area contributed by atoms with Crippen molar-refractivity contribution in [3.05, 3.63) is 47.3 Å². The molecular weight excluding hydrogens is 333 g/mol. The Labute approximate surface area is 153 Å². The van der Waals surface area contributed by atoms with E-state index < -0.39 is 0 Å². The number of benzene rings is 1. The molecule has 1 aromatic carbocycles. The largest absolute Gasteiger partial charge is 0.342 e. The first-order valence-corrected chi connectivity index (χ1v) is 8.99. The number of nitrogens with zero attached hydrogens (tertiary/aromatic N) is 5. The molecule has 26 heavy (non-hydrogen) atoms. The Morgan fingerprint density at radius 2 is 2.15 bits per heavy atom. The second-order valence-electron chi connectivity index (χ2n) is 7.26. The van der Waals surface area contributed by atoms with Crippen LogP contribution in [0.2, 0.25) is 0 Å². The molecule has 2 aromatic rings. The number of piperidine rings is 1. The smallest absolute Gasteiger partial charge is 0.227 e. The molecule has 6 nitrogen and oxygen atoms in total. The van der Waals surface area contributed by atoms with Crippen molar-refractivity contribution in [2.45, 2.75) is 31.7 Å². The van der Waals surface area contributed by atoms with E-state index in [-0.39, 0.29) is 24.1 Å². The topological polar surface area (TPSA) is 54.3 Å². The first kappa shape index (κ1) is 18.5. The number of carbonyl (C=O) groups excluding carboxylic acids is 1. The van der Waals surface area contributed by atoms with E-state index in [2.05, 4.69) is 15.1 Å². The molecule has 1 aliphatic heterocycles. The third kappa shape index (κ3) is 4.27. The van der Waals surface area contributed by atoms with Crippen molar-refractivity contribution < 1.29 is 9.18 Å². The molecule has 0 spiro atoms. The molecule has 0 radical (unpaired) electrons. The maximum Gasteiger partial charge on any atom is 0.227 e. The molecule has 1 aliphatic rings. The summed E-state index contributed by atoms with van der Waals surface area (Å²) >= 11 is 0. The van der Waals surface area contributed by atoms with Gasteiger partial charge in [0.25, 0.3) is 0 Å². The highest BCUT2D eigenvalue weighted by Gasteiger charge is 2.28. The monoisotopic (exact) mass is 359 g/mol. The van der Waals surface area contributed by atoms with E-state index in [1.165, 1.54) is 12.1 Å². The number of hydrogen-bond donors (Lipinski definition) is 0. The molecule has 0 aliphatic carbocycles. The Bertz CT molecular complexity index is 773. The average Bonchev–Trinajstić information content (AvgIpc) is 2.95. The second-order valence-corrected chi connectivity index (χ2v) is 7.26. The quantitative estimate of drug-likeness (QED) is 0.819. The zero-order valence-electron chi connectivity index (χ0n) is 15.7. The average molecular weight is 359 g/mol. The van der Waals surface area contributed by atoms with Crippen LogP contribution >= 0.6 is 0 Å². The Kier molecular flexibility index (Phi) is 5.66. The highest BCUT2D eigenvalue weighted by molar-refractivity contribution is 5.79. The number of carbonyl (C=O) groups is 1. The number of likely N-dealkylation sites (tertiary alicyclic amines) is 1. The summed E-state index contributed by atoms with van der Waals surface area (Å²) in [6.45, 7) is 2.12. The van der Waals surface area contributed by atoms with E-state index in [9.17, 15) is 9.18 Å². The van der Waals surface area contributed by atoms with Gasteiger partial charge in [0.15, 0.2) is 0 Å². The minimum atomic E-state index is -0.306. The van der Waals surface area contributed by atoms with Crippen LogP contribution in [-0.2, 0) is 24.8 Å². The number of hydrogen-bond acceptors (Lipinski definition) is 4.